The topological polar surface area (TPSA) is 243 Å². The molecule has 8 N–H and O–H groups in total. The highest BCUT2D eigenvalue weighted by Crippen LogP contribution is 2.50. The summed E-state index contributed by atoms with van der Waals surface area (Å²) in [4.78, 5) is 63.6. The molecule has 2 aliphatic rings. The van der Waals surface area contributed by atoms with Crippen LogP contribution in [0.25, 0.3) is 0 Å². The minimum absolute atomic E-state index is 0.106. The fraction of sp³-hybridized carbons (Fsp3) is 0.522. The van der Waals surface area contributed by atoms with Gasteiger partial charge >= 0.3 is 12.1 Å². The van der Waals surface area contributed by atoms with Crippen molar-refractivity contribution in [1.82, 2.24) is 15.5 Å². The van der Waals surface area contributed by atoms with Gasteiger partial charge in [0.2, 0.25) is 17.6 Å². The predicted octanol–water partition coefficient (Wildman–Crippen LogP) is -2.56. The van der Waals surface area contributed by atoms with Crippen LogP contribution in [-0.2, 0) is 23.9 Å². The number of aliphatic hydroxyl groups excluding tert-OH is 4. The summed E-state index contributed by atoms with van der Waals surface area (Å²) in [5.41, 5.74) is 0.106. The number of carbonyl (C=O) groups excluding carboxylic acids is 4. The van der Waals surface area contributed by atoms with Crippen LogP contribution in [0.5, 0.6) is 5.75 Å². The number of fused-ring (bicyclic) bond motifs is 1. The number of alkyl carbamates (subject to hydrolysis) is 1. The fourth-order valence-corrected chi connectivity index (χ4v) is 5.97. The standard InChI is InChI=1S/C23H29N3O12S/c1-23(2)17(21(35)36)26-19(34)14(20(26)39-23)24-18(33)13(9-3-5-10(29)6-4-9)25-22(37)38-16(12(31)8-28)15(32)11(30)7-27/h3-6,11,13-17,20,27-30,32H,7-8H2,1-2H3,(H,24,33)(H,25,37)(H,35,36)/t11-,13?,14?,15-,16-,17?,20?/m1/s1. The van der Waals surface area contributed by atoms with Gasteiger partial charge in [-0.3, -0.25) is 14.4 Å². The summed E-state index contributed by atoms with van der Waals surface area (Å²) < 4.78 is 4.01. The van der Waals surface area contributed by atoms with Gasteiger partial charge in [-0.25, -0.2) is 9.59 Å². The molecule has 7 atom stereocenters. The molecule has 0 bridgehead atoms. The lowest BCUT2D eigenvalue weighted by Crippen LogP contribution is -2.71. The molecule has 2 heterocycles. The lowest BCUT2D eigenvalue weighted by molar-refractivity contribution is -0.161. The van der Waals surface area contributed by atoms with Crippen LogP contribution in [0.1, 0.15) is 25.5 Å². The number of carbonyl (C=O) groups is 5. The maximum Gasteiger partial charge on any atom is 0.408 e. The third kappa shape index (κ3) is 6.09. The Bertz CT molecular complexity index is 1130. The first-order chi connectivity index (χ1) is 18.2. The number of ketones is 1. The minimum Gasteiger partial charge on any atom is -0.508 e. The summed E-state index contributed by atoms with van der Waals surface area (Å²) in [6, 6.07) is 1.19. The molecule has 39 heavy (non-hydrogen) atoms. The number of aromatic hydroxyl groups is 1. The van der Waals surface area contributed by atoms with Crippen LogP contribution in [-0.4, -0.2) is 119 Å². The number of hydrogen-bond acceptors (Lipinski definition) is 12. The summed E-state index contributed by atoms with van der Waals surface area (Å²) in [6.45, 7) is 1.14. The Labute approximate surface area is 225 Å². The molecule has 3 rings (SSSR count). The lowest BCUT2D eigenvalue weighted by Gasteiger charge is -2.44. The van der Waals surface area contributed by atoms with Crippen LogP contribution in [0.15, 0.2) is 24.3 Å². The quantitative estimate of drug-likeness (QED) is 0.128. The summed E-state index contributed by atoms with van der Waals surface area (Å²) in [7, 11) is 0. The van der Waals surface area contributed by atoms with Crippen LogP contribution in [0, 0.1) is 0 Å². The Hall–Kier alpha value is -3.44. The zero-order valence-corrected chi connectivity index (χ0v) is 21.6. The van der Waals surface area contributed by atoms with Crippen LogP contribution >= 0.6 is 11.8 Å². The van der Waals surface area contributed by atoms with Crippen LogP contribution in [0.2, 0.25) is 0 Å². The molecule has 0 aliphatic carbocycles. The van der Waals surface area contributed by atoms with E-state index in [-0.39, 0.29) is 11.3 Å². The summed E-state index contributed by atoms with van der Waals surface area (Å²) in [5, 5.41) is 61.0. The Morgan fingerprint density at radius 2 is 1.74 bits per heavy atom. The molecule has 0 radical (unpaired) electrons. The van der Waals surface area contributed by atoms with Crippen molar-refractivity contribution in [3.8, 4) is 5.75 Å². The molecule has 16 heteroatoms. The third-order valence-electron chi connectivity index (χ3n) is 6.32. The van der Waals surface area contributed by atoms with E-state index in [1.165, 1.54) is 36.0 Å². The summed E-state index contributed by atoms with van der Waals surface area (Å²) in [6.07, 6.45) is -7.55. The number of nitrogens with one attached hydrogen (secondary N) is 2. The van der Waals surface area contributed by atoms with Gasteiger partial charge in [0.15, 0.2) is 6.10 Å². The fourth-order valence-electron chi connectivity index (χ4n) is 4.34. The van der Waals surface area contributed by atoms with Gasteiger partial charge in [-0.1, -0.05) is 12.1 Å². The number of phenolic OH excluding ortho intramolecular Hbond substituents is 1. The molecule has 2 saturated heterocycles. The predicted molar refractivity (Wildman–Crippen MR) is 131 cm³/mol. The van der Waals surface area contributed by atoms with Gasteiger partial charge in [0, 0.05) is 4.75 Å². The molecule has 4 unspecified atom stereocenters. The molecule has 0 aromatic heterocycles. The maximum absolute atomic E-state index is 13.3. The number of phenols is 1. The van der Waals surface area contributed by atoms with Crippen molar-refractivity contribution in [3.05, 3.63) is 29.8 Å². The van der Waals surface area contributed by atoms with Crippen molar-refractivity contribution >= 4 is 41.4 Å². The van der Waals surface area contributed by atoms with E-state index in [9.17, 15) is 44.4 Å². The Kier molecular flexibility index (Phi) is 9.07. The number of β-lactam (4-membered cyclic amide) rings is 1. The average Bonchev–Trinajstić information content (AvgIpc) is 3.15. The van der Waals surface area contributed by atoms with E-state index >= 15 is 0 Å². The highest BCUT2D eigenvalue weighted by atomic mass is 32.2. The first-order valence-corrected chi connectivity index (χ1v) is 12.5. The molecule has 15 nitrogen and oxygen atoms in total. The molecule has 3 amide bonds. The molecule has 0 saturated carbocycles. The van der Waals surface area contributed by atoms with Crippen molar-refractivity contribution in [2.75, 3.05) is 13.2 Å². The number of Topliss-reactive ketones (excluding diaryl/α,β-unsaturated/α-hetero) is 1. The molecule has 214 valence electrons. The number of carboxylic acids is 1. The summed E-state index contributed by atoms with van der Waals surface area (Å²) in [5.74, 6) is -4.12. The molecule has 1 aromatic carbocycles. The average molecular weight is 572 g/mol. The van der Waals surface area contributed by atoms with Crippen LogP contribution in [0.3, 0.4) is 0 Å². The molecular formula is C23H29N3O12S. The number of hydrogen-bond donors (Lipinski definition) is 8. The maximum atomic E-state index is 13.3. The van der Waals surface area contributed by atoms with Gasteiger partial charge in [0.25, 0.3) is 0 Å². The zero-order chi connectivity index (χ0) is 29.2. The number of amides is 3. The molecule has 1 aromatic rings. The number of carboxylic acid groups (broad SMARTS) is 1. The van der Waals surface area contributed by atoms with E-state index in [1.807, 2.05) is 0 Å². The zero-order valence-electron chi connectivity index (χ0n) is 20.8. The van der Waals surface area contributed by atoms with Crippen LogP contribution in [0.4, 0.5) is 4.79 Å². The number of ether oxygens (including phenoxy) is 1. The molecule has 0 spiro atoms. The number of aliphatic hydroxyl groups is 4. The van der Waals surface area contributed by atoms with E-state index < -0.39 is 89.4 Å². The highest BCUT2D eigenvalue weighted by molar-refractivity contribution is 8.01. The second-order valence-corrected chi connectivity index (χ2v) is 11.2. The molecule has 2 fully saturated rings. The van der Waals surface area contributed by atoms with Gasteiger partial charge in [-0.15, -0.1) is 11.8 Å². The number of thioether (sulfide) groups is 1. The van der Waals surface area contributed by atoms with Crippen molar-refractivity contribution in [1.29, 1.82) is 0 Å². The van der Waals surface area contributed by atoms with Gasteiger partial charge in [-0.05, 0) is 31.5 Å². The van der Waals surface area contributed by atoms with Crippen molar-refractivity contribution in [3.63, 3.8) is 0 Å². The Balaban J connectivity index is 1.80. The van der Waals surface area contributed by atoms with Crippen molar-refractivity contribution in [2.45, 2.75) is 60.4 Å². The van der Waals surface area contributed by atoms with E-state index in [0.717, 1.165) is 4.90 Å². The second-order valence-electron chi connectivity index (χ2n) is 9.44. The third-order valence-corrected chi connectivity index (χ3v) is 7.89. The Morgan fingerprint density at radius 3 is 2.28 bits per heavy atom. The van der Waals surface area contributed by atoms with E-state index in [1.54, 1.807) is 13.8 Å². The minimum atomic E-state index is -2.11. The number of nitrogens with zero attached hydrogens (tertiary/aromatic N) is 1. The monoisotopic (exact) mass is 571 g/mol. The highest BCUT2D eigenvalue weighted by Gasteiger charge is 2.64. The number of benzene rings is 1. The second kappa shape index (κ2) is 11.7. The SMILES string of the molecule is CC1(C)SC2C(NC(=O)C(NC(=O)O[C@H](C(=O)CO)[C@H](O)[C@H](O)CO)c3ccc(O)cc3)C(=O)N2C1C(=O)O. The van der Waals surface area contributed by atoms with Gasteiger partial charge in [-0.2, -0.15) is 0 Å². The van der Waals surface area contributed by atoms with E-state index in [0.29, 0.717) is 0 Å². The number of rotatable bonds is 11. The smallest absolute Gasteiger partial charge is 0.408 e. The van der Waals surface area contributed by atoms with Crippen molar-refractivity contribution in [2.24, 2.45) is 0 Å². The first kappa shape index (κ1) is 30.1. The lowest BCUT2D eigenvalue weighted by atomic mass is 9.95. The summed E-state index contributed by atoms with van der Waals surface area (Å²) >= 11 is 1.18. The largest absolute Gasteiger partial charge is 0.508 e. The van der Waals surface area contributed by atoms with E-state index in [2.05, 4.69) is 10.6 Å². The number of aliphatic carboxylic acids is 1. The van der Waals surface area contributed by atoms with Crippen molar-refractivity contribution < 1.29 is 59.3 Å². The Morgan fingerprint density at radius 1 is 1.13 bits per heavy atom. The molecular weight excluding hydrogens is 542 g/mol. The van der Waals surface area contributed by atoms with E-state index in [4.69, 9.17) is 14.9 Å². The van der Waals surface area contributed by atoms with Crippen LogP contribution < -0.4 is 10.6 Å². The van der Waals surface area contributed by atoms with Gasteiger partial charge < -0.3 is 50.9 Å². The molecule has 2 aliphatic heterocycles. The normalized spacial score (nSPS) is 24.4. The van der Waals surface area contributed by atoms with Gasteiger partial charge in [0.1, 0.15) is 48.1 Å². The van der Waals surface area contributed by atoms with Gasteiger partial charge in [0.05, 0.1) is 6.61 Å². The first-order valence-electron chi connectivity index (χ1n) is 11.6.